The number of carbonyl (C=O) groups excluding carboxylic acids is 3. The Morgan fingerprint density at radius 2 is 1.76 bits per heavy atom. The van der Waals surface area contributed by atoms with Gasteiger partial charge in [-0.25, -0.2) is 4.98 Å². The Morgan fingerprint density at radius 3 is 2.32 bits per heavy atom. The van der Waals surface area contributed by atoms with Crippen molar-refractivity contribution >= 4 is 23.4 Å². The Morgan fingerprint density at radius 1 is 1.06 bits per heavy atom. The number of rotatable bonds is 7. The Labute approximate surface area is 200 Å². The summed E-state index contributed by atoms with van der Waals surface area (Å²) in [5.74, 6) is 0.785. The van der Waals surface area contributed by atoms with Gasteiger partial charge < -0.3 is 16.0 Å². The molecule has 1 aromatic heterocycles. The van der Waals surface area contributed by atoms with Crippen molar-refractivity contribution in [1.29, 1.82) is 0 Å². The normalized spacial score (nSPS) is 23.6. The van der Waals surface area contributed by atoms with Gasteiger partial charge in [0.1, 0.15) is 5.82 Å². The van der Waals surface area contributed by atoms with Gasteiger partial charge in [0.25, 0.3) is 5.91 Å². The second-order valence-electron chi connectivity index (χ2n) is 10.0. The molecule has 5 rings (SSSR count). The molecule has 0 spiro atoms. The predicted molar refractivity (Wildman–Crippen MR) is 130 cm³/mol. The number of aryl methyl sites for hydroxylation is 2. The molecular weight excluding hydrogens is 428 g/mol. The van der Waals surface area contributed by atoms with E-state index in [1.54, 1.807) is 12.3 Å². The molecule has 1 saturated carbocycles. The second kappa shape index (κ2) is 8.85. The number of hydrogen-bond acceptors (Lipinski definition) is 5. The molecule has 178 valence electrons. The number of fused-ring (bicyclic) bond motifs is 2. The van der Waals surface area contributed by atoms with Crippen molar-refractivity contribution in [1.82, 2.24) is 10.3 Å². The van der Waals surface area contributed by atoms with Crippen LogP contribution in [0.15, 0.2) is 30.5 Å². The fraction of sp³-hybridized carbons (Fsp3) is 0.481. The van der Waals surface area contributed by atoms with Gasteiger partial charge in [-0.3, -0.25) is 14.4 Å². The maximum atomic E-state index is 13.1. The summed E-state index contributed by atoms with van der Waals surface area (Å²) >= 11 is 0. The standard InChI is InChI=1S/C27H32N4O3/c1-3-16-11-22(15(2)10-23(16)26(28)33)27(34)30-19-12-20-7-8-21(13-19)31(20)24-9-6-18(14-29-24)25(32)17-4-5-17/h6,9-11,14,17,19-21H,3-5,7-8,12-13H2,1-2H3,(H2,28,33)(H,30,34)/t19?,20-,21+. The number of nitrogens with one attached hydrogen (secondary N) is 1. The molecule has 2 saturated heterocycles. The van der Waals surface area contributed by atoms with Gasteiger partial charge in [-0.2, -0.15) is 0 Å². The number of pyridine rings is 1. The van der Waals surface area contributed by atoms with Crippen LogP contribution >= 0.6 is 0 Å². The van der Waals surface area contributed by atoms with Crippen molar-refractivity contribution < 1.29 is 14.4 Å². The maximum Gasteiger partial charge on any atom is 0.251 e. The van der Waals surface area contributed by atoms with E-state index >= 15 is 0 Å². The summed E-state index contributed by atoms with van der Waals surface area (Å²) in [4.78, 5) is 44.2. The first-order chi connectivity index (χ1) is 16.4. The Kier molecular flexibility index (Phi) is 5.88. The molecule has 2 aliphatic heterocycles. The van der Waals surface area contributed by atoms with Crippen LogP contribution in [0.25, 0.3) is 0 Å². The van der Waals surface area contributed by atoms with Crippen molar-refractivity contribution in [3.8, 4) is 0 Å². The number of benzene rings is 1. The molecule has 7 nitrogen and oxygen atoms in total. The van der Waals surface area contributed by atoms with E-state index in [0.29, 0.717) is 35.2 Å². The number of carbonyl (C=O) groups is 3. The molecule has 1 aromatic carbocycles. The molecular formula is C27H32N4O3. The van der Waals surface area contributed by atoms with Crippen molar-refractivity contribution in [3.63, 3.8) is 0 Å². The van der Waals surface area contributed by atoms with E-state index in [-0.39, 0.29) is 23.7 Å². The summed E-state index contributed by atoms with van der Waals surface area (Å²) in [6.45, 7) is 3.80. The van der Waals surface area contributed by atoms with Crippen LogP contribution in [0.4, 0.5) is 5.82 Å². The molecule has 2 amide bonds. The largest absolute Gasteiger partial charge is 0.366 e. The number of amides is 2. The topological polar surface area (TPSA) is 105 Å². The average molecular weight is 461 g/mol. The third-order valence-corrected chi connectivity index (χ3v) is 7.65. The third kappa shape index (κ3) is 4.19. The number of aromatic nitrogens is 1. The molecule has 0 radical (unpaired) electrons. The molecule has 3 atom stereocenters. The van der Waals surface area contributed by atoms with Gasteiger partial charge in [0.15, 0.2) is 5.78 Å². The third-order valence-electron chi connectivity index (χ3n) is 7.65. The summed E-state index contributed by atoms with van der Waals surface area (Å²) in [7, 11) is 0. The van der Waals surface area contributed by atoms with Crippen LogP contribution in [0.5, 0.6) is 0 Å². The zero-order valence-electron chi connectivity index (χ0n) is 19.8. The summed E-state index contributed by atoms with van der Waals surface area (Å²) in [5, 5.41) is 3.25. The smallest absolute Gasteiger partial charge is 0.251 e. The lowest BCUT2D eigenvalue weighted by Gasteiger charge is -2.40. The van der Waals surface area contributed by atoms with Gasteiger partial charge in [-0.1, -0.05) is 6.92 Å². The van der Waals surface area contributed by atoms with Gasteiger partial charge >= 0.3 is 0 Å². The first-order valence-electron chi connectivity index (χ1n) is 12.4. The van der Waals surface area contributed by atoms with E-state index < -0.39 is 5.91 Å². The van der Waals surface area contributed by atoms with Crippen molar-refractivity contribution in [2.75, 3.05) is 4.90 Å². The van der Waals surface area contributed by atoms with Crippen LogP contribution in [0.1, 0.15) is 87.6 Å². The highest BCUT2D eigenvalue weighted by Crippen LogP contribution is 2.39. The van der Waals surface area contributed by atoms with Crippen molar-refractivity contribution in [2.45, 2.75) is 76.9 Å². The van der Waals surface area contributed by atoms with E-state index in [9.17, 15) is 14.4 Å². The lowest BCUT2D eigenvalue weighted by molar-refractivity contribution is 0.0923. The molecule has 3 heterocycles. The second-order valence-corrected chi connectivity index (χ2v) is 10.0. The number of nitrogens with two attached hydrogens (primary N) is 1. The number of ketones is 1. The monoisotopic (exact) mass is 460 g/mol. The fourth-order valence-corrected chi connectivity index (χ4v) is 5.72. The average Bonchev–Trinajstić information content (AvgIpc) is 3.63. The summed E-state index contributed by atoms with van der Waals surface area (Å²) < 4.78 is 0. The van der Waals surface area contributed by atoms with E-state index in [4.69, 9.17) is 5.73 Å². The first kappa shape index (κ1) is 22.6. The Balaban J connectivity index is 1.27. The highest BCUT2D eigenvalue weighted by atomic mass is 16.2. The Bertz CT molecular complexity index is 1130. The molecule has 7 heteroatoms. The maximum absolute atomic E-state index is 13.1. The van der Waals surface area contributed by atoms with Crippen LogP contribution in [-0.2, 0) is 6.42 Å². The summed E-state index contributed by atoms with van der Waals surface area (Å²) in [5.41, 5.74) is 8.87. The van der Waals surface area contributed by atoms with Crippen LogP contribution in [-0.4, -0.2) is 40.7 Å². The lowest BCUT2D eigenvalue weighted by atomic mass is 9.94. The van der Waals surface area contributed by atoms with Crippen molar-refractivity contribution in [2.24, 2.45) is 11.7 Å². The minimum absolute atomic E-state index is 0.0947. The number of piperidine rings is 1. The van der Waals surface area contributed by atoms with Gasteiger partial charge in [-0.15, -0.1) is 0 Å². The van der Waals surface area contributed by atoms with Gasteiger partial charge in [0.05, 0.1) is 0 Å². The summed E-state index contributed by atoms with van der Waals surface area (Å²) in [6, 6.07) is 8.18. The molecule has 3 N–H and O–H groups in total. The van der Waals surface area contributed by atoms with Crippen molar-refractivity contribution in [3.05, 3.63) is 58.3 Å². The highest BCUT2D eigenvalue weighted by Gasteiger charge is 2.42. The van der Waals surface area contributed by atoms with E-state index in [1.807, 2.05) is 32.0 Å². The minimum atomic E-state index is -0.464. The van der Waals surface area contributed by atoms with Crippen LogP contribution in [0, 0.1) is 12.8 Å². The number of nitrogens with zero attached hydrogens (tertiary/aromatic N) is 2. The van der Waals surface area contributed by atoms with Crippen LogP contribution < -0.4 is 16.0 Å². The molecule has 2 bridgehead atoms. The predicted octanol–water partition coefficient (Wildman–Crippen LogP) is 3.57. The Hall–Kier alpha value is -3.22. The minimum Gasteiger partial charge on any atom is -0.366 e. The van der Waals surface area contributed by atoms with Gasteiger partial charge in [0, 0.05) is 46.9 Å². The van der Waals surface area contributed by atoms with Crippen LogP contribution in [0.3, 0.4) is 0 Å². The van der Waals surface area contributed by atoms with E-state index in [2.05, 4.69) is 15.2 Å². The van der Waals surface area contributed by atoms with Crippen LogP contribution in [0.2, 0.25) is 0 Å². The van der Waals surface area contributed by atoms with E-state index in [0.717, 1.165) is 55.5 Å². The number of anilines is 1. The fourth-order valence-electron chi connectivity index (χ4n) is 5.72. The zero-order valence-corrected chi connectivity index (χ0v) is 19.8. The molecule has 1 aliphatic carbocycles. The SMILES string of the molecule is CCc1cc(C(=O)NC2C[C@H]3CC[C@@H](C2)N3c2ccc(C(=O)C3CC3)cn2)c(C)cc1C(N)=O. The number of Topliss-reactive ketones (excluding diaryl/α,β-unsaturated/α-hetero) is 1. The lowest BCUT2D eigenvalue weighted by Crippen LogP contribution is -2.50. The zero-order chi connectivity index (χ0) is 24.0. The first-order valence-corrected chi connectivity index (χ1v) is 12.4. The number of hydrogen-bond donors (Lipinski definition) is 2. The van der Waals surface area contributed by atoms with E-state index in [1.165, 1.54) is 0 Å². The van der Waals surface area contributed by atoms with Gasteiger partial charge in [0.2, 0.25) is 5.91 Å². The highest BCUT2D eigenvalue weighted by molar-refractivity contribution is 6.00. The number of primary amides is 1. The molecule has 2 aromatic rings. The quantitative estimate of drug-likeness (QED) is 0.615. The molecule has 3 fully saturated rings. The summed E-state index contributed by atoms with van der Waals surface area (Å²) in [6.07, 6.45) is 8.25. The molecule has 3 aliphatic rings. The molecule has 34 heavy (non-hydrogen) atoms. The molecule has 1 unspecified atom stereocenters. The van der Waals surface area contributed by atoms with Gasteiger partial charge in [-0.05, 0) is 87.3 Å².